The molecular weight excluding hydrogens is 306 g/mol. The molecule has 1 aromatic rings. The molecule has 0 amide bonds. The monoisotopic (exact) mass is 314 g/mol. The highest BCUT2D eigenvalue weighted by Gasteiger charge is 2.51. The number of halogens is 3. The molecule has 1 heterocycles. The first-order valence-corrected chi connectivity index (χ1v) is 5.41. The van der Waals surface area contributed by atoms with Crippen LogP contribution in [0.1, 0.15) is 4.79 Å². The molecule has 4 N–H and O–H groups in total. The first kappa shape index (κ1) is 16.4. The van der Waals surface area contributed by atoms with Crippen LogP contribution in [-0.2, 0) is 0 Å². The number of aromatic amines is 1. The number of aliphatic hydroxyl groups is 3. The SMILES string of the molecule is O=C(n1cc(Cl)c(=O)[nH]c1=O)C(F)(F)[C@H](O)[C@H](O)CO. The van der Waals surface area contributed by atoms with Crippen LogP contribution >= 0.6 is 11.6 Å². The Balaban J connectivity index is 3.27. The Morgan fingerprint density at radius 2 is 2.00 bits per heavy atom. The summed E-state index contributed by atoms with van der Waals surface area (Å²) in [5, 5.41) is 25.8. The molecule has 0 unspecified atom stereocenters. The van der Waals surface area contributed by atoms with E-state index in [4.69, 9.17) is 26.9 Å². The van der Waals surface area contributed by atoms with E-state index in [0.29, 0.717) is 6.20 Å². The van der Waals surface area contributed by atoms with Gasteiger partial charge in [-0.15, -0.1) is 0 Å². The molecule has 0 fully saturated rings. The van der Waals surface area contributed by atoms with Crippen LogP contribution in [0.5, 0.6) is 0 Å². The minimum absolute atomic E-state index is 0.211. The predicted molar refractivity (Wildman–Crippen MR) is 61.0 cm³/mol. The van der Waals surface area contributed by atoms with Crippen LogP contribution in [0.2, 0.25) is 5.02 Å². The molecule has 8 nitrogen and oxygen atoms in total. The van der Waals surface area contributed by atoms with E-state index in [1.54, 1.807) is 0 Å². The van der Waals surface area contributed by atoms with Gasteiger partial charge in [-0.25, -0.2) is 9.36 Å². The highest BCUT2D eigenvalue weighted by molar-refractivity contribution is 6.30. The van der Waals surface area contributed by atoms with Gasteiger partial charge in [-0.05, 0) is 0 Å². The topological polar surface area (TPSA) is 133 Å². The molecule has 0 bridgehead atoms. The zero-order valence-corrected chi connectivity index (χ0v) is 10.3. The average molecular weight is 315 g/mol. The third-order valence-electron chi connectivity index (χ3n) is 2.33. The lowest BCUT2D eigenvalue weighted by molar-refractivity contribution is -0.136. The van der Waals surface area contributed by atoms with E-state index in [9.17, 15) is 23.2 Å². The summed E-state index contributed by atoms with van der Waals surface area (Å²) in [7, 11) is 0. The Morgan fingerprint density at radius 3 is 2.50 bits per heavy atom. The normalized spacial score (nSPS) is 14.9. The maximum absolute atomic E-state index is 13.6. The van der Waals surface area contributed by atoms with Crippen molar-refractivity contribution < 1.29 is 28.9 Å². The number of aromatic nitrogens is 2. The van der Waals surface area contributed by atoms with Crippen LogP contribution in [0.25, 0.3) is 0 Å². The van der Waals surface area contributed by atoms with Gasteiger partial charge in [0.05, 0.1) is 6.61 Å². The Hall–Kier alpha value is -1.62. The number of hydrogen-bond donors (Lipinski definition) is 4. The van der Waals surface area contributed by atoms with Gasteiger partial charge in [0.2, 0.25) is 0 Å². The van der Waals surface area contributed by atoms with Crippen molar-refractivity contribution in [3.63, 3.8) is 0 Å². The van der Waals surface area contributed by atoms with Crippen molar-refractivity contribution in [3.05, 3.63) is 32.1 Å². The highest BCUT2D eigenvalue weighted by Crippen LogP contribution is 2.23. The second-order valence-corrected chi connectivity index (χ2v) is 4.14. The van der Waals surface area contributed by atoms with Crippen LogP contribution < -0.4 is 11.2 Å². The Morgan fingerprint density at radius 1 is 1.45 bits per heavy atom. The molecule has 0 aliphatic heterocycles. The van der Waals surface area contributed by atoms with E-state index in [0.717, 1.165) is 0 Å². The van der Waals surface area contributed by atoms with Gasteiger partial charge in [0.1, 0.15) is 11.1 Å². The molecule has 11 heteroatoms. The van der Waals surface area contributed by atoms with Crippen LogP contribution in [0.3, 0.4) is 0 Å². The fourth-order valence-electron chi connectivity index (χ4n) is 1.23. The van der Waals surface area contributed by atoms with Crippen molar-refractivity contribution in [1.82, 2.24) is 9.55 Å². The number of carbonyl (C=O) groups is 1. The smallest absolute Gasteiger partial charge is 0.353 e. The molecule has 0 spiro atoms. The number of alkyl halides is 2. The Labute approximate surface area is 113 Å². The second kappa shape index (κ2) is 5.79. The molecular formula is C9H9ClF2N2O6. The molecule has 2 atom stereocenters. The van der Waals surface area contributed by atoms with Crippen molar-refractivity contribution in [3.8, 4) is 0 Å². The summed E-state index contributed by atoms with van der Waals surface area (Å²) < 4.78 is 27.0. The number of hydrogen-bond acceptors (Lipinski definition) is 6. The lowest BCUT2D eigenvalue weighted by Crippen LogP contribution is -2.53. The van der Waals surface area contributed by atoms with Crippen LogP contribution in [0.15, 0.2) is 15.8 Å². The van der Waals surface area contributed by atoms with Crippen molar-refractivity contribution in [2.24, 2.45) is 0 Å². The number of nitrogens with zero attached hydrogens (tertiary/aromatic N) is 1. The zero-order valence-electron chi connectivity index (χ0n) is 9.59. The highest BCUT2D eigenvalue weighted by atomic mass is 35.5. The summed E-state index contributed by atoms with van der Waals surface area (Å²) in [5.74, 6) is -6.81. The van der Waals surface area contributed by atoms with Gasteiger partial charge in [0.25, 0.3) is 5.56 Å². The van der Waals surface area contributed by atoms with Gasteiger partial charge in [0.15, 0.2) is 6.10 Å². The number of aliphatic hydroxyl groups excluding tert-OH is 3. The summed E-state index contributed by atoms with van der Waals surface area (Å²) in [6.07, 6.45) is -4.89. The summed E-state index contributed by atoms with van der Waals surface area (Å²) >= 11 is 5.30. The molecule has 0 radical (unpaired) electrons. The lowest BCUT2D eigenvalue weighted by atomic mass is 10.1. The number of nitrogens with one attached hydrogen (secondary N) is 1. The molecule has 112 valence electrons. The number of rotatable bonds is 4. The predicted octanol–water partition coefficient (Wildman–Crippen LogP) is -1.82. The number of carbonyl (C=O) groups excluding carboxylic acids is 1. The first-order valence-electron chi connectivity index (χ1n) is 5.04. The third kappa shape index (κ3) is 2.93. The van der Waals surface area contributed by atoms with Crippen molar-refractivity contribution in [2.75, 3.05) is 6.61 Å². The molecule has 0 aromatic carbocycles. The quantitative estimate of drug-likeness (QED) is 0.517. The molecule has 20 heavy (non-hydrogen) atoms. The van der Waals surface area contributed by atoms with Gasteiger partial charge in [-0.1, -0.05) is 11.6 Å². The van der Waals surface area contributed by atoms with Crippen LogP contribution in [0.4, 0.5) is 8.78 Å². The van der Waals surface area contributed by atoms with Crippen molar-refractivity contribution in [2.45, 2.75) is 18.1 Å². The van der Waals surface area contributed by atoms with E-state index < -0.39 is 46.9 Å². The largest absolute Gasteiger partial charge is 0.394 e. The summed E-state index contributed by atoms with van der Waals surface area (Å²) in [6.45, 7) is -1.23. The van der Waals surface area contributed by atoms with Gasteiger partial charge >= 0.3 is 17.5 Å². The average Bonchev–Trinajstić information content (AvgIpc) is 2.40. The number of H-pyrrole nitrogens is 1. The third-order valence-corrected chi connectivity index (χ3v) is 2.59. The summed E-state index contributed by atoms with van der Waals surface area (Å²) in [6, 6.07) is 0. The van der Waals surface area contributed by atoms with Crippen molar-refractivity contribution in [1.29, 1.82) is 0 Å². The van der Waals surface area contributed by atoms with E-state index >= 15 is 0 Å². The maximum Gasteiger partial charge on any atom is 0.353 e. The van der Waals surface area contributed by atoms with E-state index in [2.05, 4.69) is 0 Å². The summed E-state index contributed by atoms with van der Waals surface area (Å²) in [5.41, 5.74) is -2.57. The lowest BCUT2D eigenvalue weighted by Gasteiger charge is -2.24. The van der Waals surface area contributed by atoms with E-state index in [-0.39, 0.29) is 4.57 Å². The minimum atomic E-state index is -4.59. The second-order valence-electron chi connectivity index (χ2n) is 3.73. The molecule has 0 saturated heterocycles. The standard InChI is InChI=1S/C9H9ClF2N2O6/c10-3-1-14(8(20)13-6(3)18)7(19)9(11,12)5(17)4(16)2-15/h1,4-5,15-17H,2H2,(H,13,18,20)/t4-,5-/m1/s1. The van der Waals surface area contributed by atoms with Crippen molar-refractivity contribution >= 4 is 17.5 Å². The molecule has 1 rings (SSSR count). The van der Waals surface area contributed by atoms with E-state index in [1.807, 2.05) is 0 Å². The fourth-order valence-corrected chi connectivity index (χ4v) is 1.37. The van der Waals surface area contributed by atoms with Gasteiger partial charge in [-0.2, -0.15) is 8.78 Å². The van der Waals surface area contributed by atoms with Gasteiger partial charge in [-0.3, -0.25) is 14.6 Å². The fraction of sp³-hybridized carbons (Fsp3) is 0.444. The minimum Gasteiger partial charge on any atom is -0.394 e. The molecule has 1 aromatic heterocycles. The Kier molecular flexibility index (Phi) is 4.76. The van der Waals surface area contributed by atoms with Gasteiger partial charge < -0.3 is 15.3 Å². The summed E-state index contributed by atoms with van der Waals surface area (Å²) in [4.78, 5) is 35.2. The molecule has 0 aliphatic carbocycles. The molecule has 0 saturated carbocycles. The van der Waals surface area contributed by atoms with Crippen LogP contribution in [-0.4, -0.2) is 55.5 Å². The maximum atomic E-state index is 13.6. The van der Waals surface area contributed by atoms with Crippen LogP contribution in [0, 0.1) is 0 Å². The molecule has 0 aliphatic rings. The van der Waals surface area contributed by atoms with Gasteiger partial charge in [0, 0.05) is 6.20 Å². The van der Waals surface area contributed by atoms with E-state index in [1.165, 1.54) is 4.98 Å². The Bertz CT molecular complexity index is 628. The zero-order chi connectivity index (χ0) is 15.7. The first-order chi connectivity index (χ1) is 9.12.